The molecule has 0 saturated carbocycles. The molecular weight excluding hydrogens is 248 g/mol. The Kier molecular flexibility index (Phi) is 5.41. The maximum Gasteiger partial charge on any atom is 0.320 e. The number of aliphatic carboxylic acids is 1. The van der Waals surface area contributed by atoms with E-state index in [0.29, 0.717) is 18.8 Å². The van der Waals surface area contributed by atoms with Crippen molar-refractivity contribution in [1.82, 2.24) is 9.80 Å². The summed E-state index contributed by atoms with van der Waals surface area (Å²) in [6.45, 7) is 4.45. The molecule has 1 N–H and O–H groups in total. The van der Waals surface area contributed by atoms with Crippen molar-refractivity contribution in [3.8, 4) is 0 Å². The minimum atomic E-state index is -0.903. The number of hydrogen-bond donors (Lipinski definition) is 1. The van der Waals surface area contributed by atoms with Gasteiger partial charge in [0.1, 0.15) is 5.76 Å². The zero-order chi connectivity index (χ0) is 14.4. The third kappa shape index (κ3) is 4.31. The van der Waals surface area contributed by atoms with E-state index in [2.05, 4.69) is 0 Å². The summed E-state index contributed by atoms with van der Waals surface area (Å²) in [5, 5.41) is 8.89. The van der Waals surface area contributed by atoms with Crippen LogP contribution in [0.25, 0.3) is 0 Å². The van der Waals surface area contributed by atoms with Gasteiger partial charge in [-0.2, -0.15) is 0 Å². The van der Waals surface area contributed by atoms with E-state index in [0.717, 1.165) is 0 Å². The number of furan rings is 1. The Hall–Kier alpha value is -1.98. The Bertz CT molecular complexity index is 416. The van der Waals surface area contributed by atoms with Gasteiger partial charge < -0.3 is 19.3 Å². The van der Waals surface area contributed by atoms with E-state index in [1.807, 2.05) is 6.92 Å². The molecule has 0 aliphatic carbocycles. The van der Waals surface area contributed by atoms with Gasteiger partial charge in [-0.25, -0.2) is 4.79 Å². The van der Waals surface area contributed by atoms with Crippen LogP contribution in [0.15, 0.2) is 22.8 Å². The molecule has 0 aliphatic rings. The first-order valence-electron chi connectivity index (χ1n) is 6.21. The zero-order valence-electron chi connectivity index (χ0n) is 11.5. The quantitative estimate of drug-likeness (QED) is 0.854. The van der Waals surface area contributed by atoms with Crippen LogP contribution in [0.3, 0.4) is 0 Å². The van der Waals surface area contributed by atoms with Gasteiger partial charge in [0.25, 0.3) is 0 Å². The maximum absolute atomic E-state index is 12.2. The number of amides is 2. The standard InChI is InChI=1S/C13H20N2O4/c1-4-15(8-10(2)12(16)17)13(18)14(3)9-11-6-5-7-19-11/h5-7,10H,4,8-9H2,1-3H3,(H,16,17). The molecule has 0 fully saturated rings. The third-order valence-electron chi connectivity index (χ3n) is 2.87. The Morgan fingerprint density at radius 1 is 1.47 bits per heavy atom. The highest BCUT2D eigenvalue weighted by molar-refractivity contribution is 5.75. The zero-order valence-corrected chi connectivity index (χ0v) is 11.5. The van der Waals surface area contributed by atoms with Crippen molar-refractivity contribution < 1.29 is 19.1 Å². The van der Waals surface area contributed by atoms with Crippen molar-refractivity contribution >= 4 is 12.0 Å². The highest BCUT2D eigenvalue weighted by Gasteiger charge is 2.22. The molecule has 1 aromatic heterocycles. The second-order valence-electron chi connectivity index (χ2n) is 4.50. The van der Waals surface area contributed by atoms with Gasteiger partial charge >= 0.3 is 12.0 Å². The van der Waals surface area contributed by atoms with Gasteiger partial charge in [-0.3, -0.25) is 4.79 Å². The van der Waals surface area contributed by atoms with Crippen LogP contribution >= 0.6 is 0 Å². The van der Waals surface area contributed by atoms with Crippen LogP contribution in [0.5, 0.6) is 0 Å². The van der Waals surface area contributed by atoms with E-state index >= 15 is 0 Å². The molecule has 1 aromatic rings. The van der Waals surface area contributed by atoms with E-state index in [1.54, 1.807) is 32.4 Å². The number of rotatable bonds is 6. The van der Waals surface area contributed by atoms with E-state index in [-0.39, 0.29) is 12.6 Å². The molecule has 106 valence electrons. The number of hydrogen-bond acceptors (Lipinski definition) is 3. The molecule has 0 spiro atoms. The van der Waals surface area contributed by atoms with Gasteiger partial charge in [-0.15, -0.1) is 0 Å². The summed E-state index contributed by atoms with van der Waals surface area (Å²) in [5.74, 6) is -0.793. The molecule has 6 heteroatoms. The van der Waals surface area contributed by atoms with Crippen LogP contribution in [-0.4, -0.2) is 47.0 Å². The molecule has 0 aliphatic heterocycles. The maximum atomic E-state index is 12.2. The summed E-state index contributed by atoms with van der Waals surface area (Å²) in [4.78, 5) is 26.0. The second kappa shape index (κ2) is 6.82. The van der Waals surface area contributed by atoms with Crippen LogP contribution in [0, 0.1) is 5.92 Å². The number of urea groups is 1. The van der Waals surface area contributed by atoms with E-state index in [1.165, 1.54) is 9.80 Å². The Morgan fingerprint density at radius 2 is 2.16 bits per heavy atom. The van der Waals surface area contributed by atoms with Crippen LogP contribution in [0.2, 0.25) is 0 Å². The Labute approximate surface area is 112 Å². The highest BCUT2D eigenvalue weighted by atomic mass is 16.4. The van der Waals surface area contributed by atoms with Gasteiger partial charge in [0.15, 0.2) is 0 Å². The lowest BCUT2D eigenvalue weighted by molar-refractivity contribution is -0.141. The van der Waals surface area contributed by atoms with E-state index in [4.69, 9.17) is 9.52 Å². The summed E-state index contributed by atoms with van der Waals surface area (Å²) in [6.07, 6.45) is 1.55. The van der Waals surface area contributed by atoms with Gasteiger partial charge in [0.05, 0.1) is 18.7 Å². The molecule has 0 aromatic carbocycles. The predicted molar refractivity (Wildman–Crippen MR) is 69.6 cm³/mol. The largest absolute Gasteiger partial charge is 0.481 e. The summed E-state index contributed by atoms with van der Waals surface area (Å²) in [6, 6.07) is 3.35. The molecule has 2 amide bonds. The fraction of sp³-hybridized carbons (Fsp3) is 0.538. The fourth-order valence-electron chi connectivity index (χ4n) is 1.70. The van der Waals surface area contributed by atoms with E-state index in [9.17, 15) is 9.59 Å². The highest BCUT2D eigenvalue weighted by Crippen LogP contribution is 2.08. The molecule has 1 heterocycles. The molecule has 0 saturated heterocycles. The number of carboxylic acid groups (broad SMARTS) is 1. The first-order chi connectivity index (χ1) is 8.95. The SMILES string of the molecule is CCN(CC(C)C(=O)O)C(=O)N(C)Cc1ccco1. The van der Waals surface area contributed by atoms with Crippen molar-refractivity contribution in [3.05, 3.63) is 24.2 Å². The van der Waals surface area contributed by atoms with Gasteiger partial charge in [-0.1, -0.05) is 6.92 Å². The molecule has 0 radical (unpaired) electrons. The number of carbonyl (C=O) groups excluding carboxylic acids is 1. The van der Waals surface area contributed by atoms with Crippen LogP contribution in [0.4, 0.5) is 4.79 Å². The lowest BCUT2D eigenvalue weighted by atomic mass is 10.2. The van der Waals surface area contributed by atoms with Gasteiger partial charge in [0.2, 0.25) is 0 Å². The molecule has 6 nitrogen and oxygen atoms in total. The summed E-state index contributed by atoms with van der Waals surface area (Å²) in [7, 11) is 1.67. The Balaban J connectivity index is 2.59. The molecule has 1 unspecified atom stereocenters. The van der Waals surface area contributed by atoms with Crippen molar-refractivity contribution in [2.45, 2.75) is 20.4 Å². The molecule has 0 bridgehead atoms. The summed E-state index contributed by atoms with van der Waals surface area (Å²) in [5.41, 5.74) is 0. The van der Waals surface area contributed by atoms with Crippen molar-refractivity contribution in [3.63, 3.8) is 0 Å². The summed E-state index contributed by atoms with van der Waals surface area (Å²) < 4.78 is 5.18. The average molecular weight is 268 g/mol. The fourth-order valence-corrected chi connectivity index (χ4v) is 1.70. The van der Waals surface area contributed by atoms with Crippen molar-refractivity contribution in [2.75, 3.05) is 20.1 Å². The molecule has 19 heavy (non-hydrogen) atoms. The Morgan fingerprint density at radius 3 is 2.63 bits per heavy atom. The van der Waals surface area contributed by atoms with Crippen LogP contribution in [0.1, 0.15) is 19.6 Å². The number of carbonyl (C=O) groups is 2. The minimum absolute atomic E-state index is 0.202. The minimum Gasteiger partial charge on any atom is -0.481 e. The lowest BCUT2D eigenvalue weighted by Crippen LogP contribution is -2.43. The average Bonchev–Trinajstić information content (AvgIpc) is 2.87. The van der Waals surface area contributed by atoms with E-state index < -0.39 is 11.9 Å². The first-order valence-corrected chi connectivity index (χ1v) is 6.21. The third-order valence-corrected chi connectivity index (χ3v) is 2.87. The monoisotopic (exact) mass is 268 g/mol. The van der Waals surface area contributed by atoms with Gasteiger partial charge in [-0.05, 0) is 19.1 Å². The topological polar surface area (TPSA) is 74.0 Å². The first kappa shape index (κ1) is 15.1. The molecular formula is C13H20N2O4. The number of carboxylic acids is 1. The molecule has 1 atom stereocenters. The normalized spacial score (nSPS) is 11.9. The van der Waals surface area contributed by atoms with Crippen molar-refractivity contribution in [2.24, 2.45) is 5.92 Å². The molecule has 1 rings (SSSR count). The smallest absolute Gasteiger partial charge is 0.320 e. The van der Waals surface area contributed by atoms with Crippen LogP contribution in [-0.2, 0) is 11.3 Å². The lowest BCUT2D eigenvalue weighted by Gasteiger charge is -2.28. The van der Waals surface area contributed by atoms with Crippen LogP contribution < -0.4 is 0 Å². The van der Waals surface area contributed by atoms with Gasteiger partial charge in [0, 0.05) is 20.1 Å². The predicted octanol–water partition coefficient (Wildman–Crippen LogP) is 1.87. The van der Waals surface area contributed by atoms with Crippen molar-refractivity contribution in [1.29, 1.82) is 0 Å². The number of nitrogens with zero attached hydrogens (tertiary/aromatic N) is 2. The summed E-state index contributed by atoms with van der Waals surface area (Å²) >= 11 is 0. The second-order valence-corrected chi connectivity index (χ2v) is 4.50.